The van der Waals surface area contributed by atoms with Gasteiger partial charge in [0.1, 0.15) is 30.8 Å². The molecule has 0 saturated carbocycles. The van der Waals surface area contributed by atoms with Gasteiger partial charge >= 0.3 is 5.97 Å². The van der Waals surface area contributed by atoms with E-state index >= 15 is 0 Å². The summed E-state index contributed by atoms with van der Waals surface area (Å²) in [5.74, 6) is 0.697. The fourth-order valence-electron chi connectivity index (χ4n) is 3.40. The fraction of sp³-hybridized carbons (Fsp3) is 0.467. The largest absolute Gasteiger partial charge is 0.491 e. The molecule has 0 saturated heterocycles. The van der Waals surface area contributed by atoms with E-state index in [-0.39, 0.29) is 30.0 Å². The fourth-order valence-corrected chi connectivity index (χ4v) is 3.40. The van der Waals surface area contributed by atoms with Crippen molar-refractivity contribution in [3.05, 3.63) is 71.8 Å². The lowest BCUT2D eigenvalue weighted by Gasteiger charge is -2.26. The van der Waals surface area contributed by atoms with Crippen LogP contribution in [0, 0.1) is 0 Å². The molecule has 3 unspecified atom stereocenters. The predicted octanol–water partition coefficient (Wildman–Crippen LogP) is 5.29. The van der Waals surface area contributed by atoms with E-state index in [1.807, 2.05) is 50.2 Å². The van der Waals surface area contributed by atoms with E-state index in [0.717, 1.165) is 23.0 Å². The SMILES string of the molecule is COC(C)COC(C)COc1ccc(C(C)(C)c2ccc(OCC(C)OC(=O)/C=C/C(C)=O)cc2)cc1. The van der Waals surface area contributed by atoms with Gasteiger partial charge in [-0.3, -0.25) is 4.79 Å². The minimum atomic E-state index is -0.570. The highest BCUT2D eigenvalue weighted by atomic mass is 16.6. The van der Waals surface area contributed by atoms with E-state index in [4.69, 9.17) is 23.7 Å². The molecule has 0 aliphatic rings. The molecule has 0 amide bonds. The predicted molar refractivity (Wildman–Crippen MR) is 143 cm³/mol. The summed E-state index contributed by atoms with van der Waals surface area (Å²) in [6, 6.07) is 16.0. The first-order chi connectivity index (χ1) is 17.5. The molecule has 2 aromatic rings. The van der Waals surface area contributed by atoms with Gasteiger partial charge in [-0.25, -0.2) is 4.79 Å². The molecule has 0 spiro atoms. The van der Waals surface area contributed by atoms with Crippen LogP contribution in [0.5, 0.6) is 11.5 Å². The second-order valence-corrected chi connectivity index (χ2v) is 9.68. The molecule has 2 aromatic carbocycles. The van der Waals surface area contributed by atoms with Crippen LogP contribution >= 0.6 is 0 Å². The van der Waals surface area contributed by atoms with Gasteiger partial charge in [0.25, 0.3) is 0 Å². The van der Waals surface area contributed by atoms with Crippen LogP contribution in [-0.2, 0) is 29.2 Å². The van der Waals surface area contributed by atoms with Gasteiger partial charge in [-0.05, 0) is 69.2 Å². The van der Waals surface area contributed by atoms with Crippen molar-refractivity contribution in [1.82, 2.24) is 0 Å². The summed E-state index contributed by atoms with van der Waals surface area (Å²) in [5.41, 5.74) is 2.07. The molecule has 0 aliphatic heterocycles. The summed E-state index contributed by atoms with van der Waals surface area (Å²) in [6.45, 7) is 12.6. The summed E-state index contributed by atoms with van der Waals surface area (Å²) in [4.78, 5) is 22.6. The number of esters is 1. The Hall–Kier alpha value is -3.16. The first-order valence-corrected chi connectivity index (χ1v) is 12.5. The van der Waals surface area contributed by atoms with Crippen LogP contribution in [0.15, 0.2) is 60.7 Å². The van der Waals surface area contributed by atoms with Gasteiger partial charge in [0.05, 0.1) is 18.8 Å². The third-order valence-electron chi connectivity index (χ3n) is 5.91. The van der Waals surface area contributed by atoms with Crippen LogP contribution < -0.4 is 9.47 Å². The highest BCUT2D eigenvalue weighted by Gasteiger charge is 2.23. The molecule has 0 bridgehead atoms. The highest BCUT2D eigenvalue weighted by molar-refractivity contribution is 5.94. The molecule has 0 radical (unpaired) electrons. The van der Waals surface area contributed by atoms with Gasteiger partial charge in [0.15, 0.2) is 5.78 Å². The number of ketones is 1. The van der Waals surface area contributed by atoms with Crippen LogP contribution in [0.3, 0.4) is 0 Å². The van der Waals surface area contributed by atoms with Crippen molar-refractivity contribution in [3.63, 3.8) is 0 Å². The Bertz CT molecular complexity index is 1010. The van der Waals surface area contributed by atoms with Crippen molar-refractivity contribution in [3.8, 4) is 11.5 Å². The number of ether oxygens (including phenoxy) is 5. The first-order valence-electron chi connectivity index (χ1n) is 12.5. The van der Waals surface area contributed by atoms with Gasteiger partial charge < -0.3 is 23.7 Å². The molecule has 0 fully saturated rings. The summed E-state index contributed by atoms with van der Waals surface area (Å²) < 4.78 is 27.8. The zero-order chi connectivity index (χ0) is 27.4. The molecule has 3 atom stereocenters. The van der Waals surface area contributed by atoms with Crippen molar-refractivity contribution in [2.75, 3.05) is 26.9 Å². The second-order valence-electron chi connectivity index (χ2n) is 9.68. The molecule has 0 N–H and O–H groups in total. The molecule has 0 aliphatic carbocycles. The van der Waals surface area contributed by atoms with E-state index in [1.165, 1.54) is 13.0 Å². The third-order valence-corrected chi connectivity index (χ3v) is 5.91. The molecule has 0 aromatic heterocycles. The Morgan fingerprint density at radius 3 is 1.70 bits per heavy atom. The molecule has 7 heteroatoms. The van der Waals surface area contributed by atoms with Crippen LogP contribution in [0.4, 0.5) is 0 Å². The van der Waals surface area contributed by atoms with Gasteiger partial charge in [-0.1, -0.05) is 38.1 Å². The molecule has 7 nitrogen and oxygen atoms in total. The topological polar surface area (TPSA) is 80.3 Å². The quantitative estimate of drug-likeness (QED) is 0.237. The Kier molecular flexibility index (Phi) is 11.8. The van der Waals surface area contributed by atoms with Crippen molar-refractivity contribution >= 4 is 11.8 Å². The average molecular weight is 513 g/mol. The van der Waals surface area contributed by atoms with E-state index in [0.29, 0.717) is 19.0 Å². The van der Waals surface area contributed by atoms with Crippen molar-refractivity contribution in [1.29, 1.82) is 0 Å². The van der Waals surface area contributed by atoms with E-state index in [9.17, 15) is 9.59 Å². The molecule has 202 valence electrons. The Morgan fingerprint density at radius 2 is 1.24 bits per heavy atom. The van der Waals surface area contributed by atoms with E-state index < -0.39 is 12.1 Å². The minimum Gasteiger partial charge on any atom is -0.491 e. The average Bonchev–Trinajstić information content (AvgIpc) is 2.88. The third kappa shape index (κ3) is 10.4. The number of hydrogen-bond acceptors (Lipinski definition) is 7. The number of allylic oxidation sites excluding steroid dienone is 1. The van der Waals surface area contributed by atoms with Gasteiger partial charge in [-0.15, -0.1) is 0 Å². The maximum absolute atomic E-state index is 11.7. The minimum absolute atomic E-state index is 0.0342. The van der Waals surface area contributed by atoms with E-state index in [1.54, 1.807) is 14.0 Å². The number of carbonyl (C=O) groups is 2. The van der Waals surface area contributed by atoms with Gasteiger partial charge in [-0.2, -0.15) is 0 Å². The molecular weight excluding hydrogens is 472 g/mol. The maximum Gasteiger partial charge on any atom is 0.331 e. The van der Waals surface area contributed by atoms with E-state index in [2.05, 4.69) is 26.0 Å². The smallest absolute Gasteiger partial charge is 0.331 e. The number of rotatable bonds is 15. The Balaban J connectivity index is 1.88. The second kappa shape index (κ2) is 14.5. The zero-order valence-electron chi connectivity index (χ0n) is 23.0. The first kappa shape index (κ1) is 30.1. The Morgan fingerprint density at radius 1 is 0.757 bits per heavy atom. The molecule has 2 rings (SSSR count). The number of benzene rings is 2. The number of methoxy groups -OCH3 is 1. The number of hydrogen-bond donors (Lipinski definition) is 0. The lowest BCUT2D eigenvalue weighted by Crippen LogP contribution is -2.23. The monoisotopic (exact) mass is 512 g/mol. The van der Waals surface area contributed by atoms with Crippen LogP contribution in [0.25, 0.3) is 0 Å². The zero-order valence-corrected chi connectivity index (χ0v) is 23.0. The summed E-state index contributed by atoms with van der Waals surface area (Å²) in [6.07, 6.45) is 1.87. The van der Waals surface area contributed by atoms with Crippen molar-refractivity contribution < 1.29 is 33.3 Å². The Labute approximate surface area is 220 Å². The normalized spacial score (nSPS) is 14.1. The number of carbonyl (C=O) groups excluding carboxylic acids is 2. The van der Waals surface area contributed by atoms with Gasteiger partial charge in [0.2, 0.25) is 0 Å². The van der Waals surface area contributed by atoms with Crippen LogP contribution in [0.2, 0.25) is 0 Å². The van der Waals surface area contributed by atoms with Crippen molar-refractivity contribution in [2.45, 2.75) is 65.3 Å². The summed E-state index contributed by atoms with van der Waals surface area (Å²) in [5, 5.41) is 0. The van der Waals surface area contributed by atoms with Crippen molar-refractivity contribution in [2.24, 2.45) is 0 Å². The maximum atomic E-state index is 11.7. The standard InChI is InChI=1S/C30H40O7/c1-21(31)8-17-29(32)37-24(4)20-36-28-15-11-26(12-16-28)30(5,6)25-9-13-27(14-10-25)35-19-23(3)34-18-22(2)33-7/h8-17,22-24H,18-20H2,1-7H3/b17-8+. The molecule has 0 heterocycles. The summed E-state index contributed by atoms with van der Waals surface area (Å²) in [7, 11) is 1.67. The highest BCUT2D eigenvalue weighted by Crippen LogP contribution is 2.33. The lowest BCUT2D eigenvalue weighted by atomic mass is 9.78. The van der Waals surface area contributed by atoms with Gasteiger partial charge in [0, 0.05) is 18.6 Å². The molecular formula is C30H40O7. The lowest BCUT2D eigenvalue weighted by molar-refractivity contribution is -0.143. The van der Waals surface area contributed by atoms with Crippen LogP contribution in [0.1, 0.15) is 52.7 Å². The summed E-state index contributed by atoms with van der Waals surface area (Å²) >= 11 is 0. The molecule has 37 heavy (non-hydrogen) atoms. The van der Waals surface area contributed by atoms with Crippen LogP contribution in [-0.4, -0.2) is 57.0 Å².